The molecule has 2 aromatic heterocycles. The average molecular weight is 456 g/mol. The summed E-state index contributed by atoms with van der Waals surface area (Å²) < 4.78 is 11.5. The number of Topliss-reactive ketones (excluding diaryl/α,β-unsaturated/α-hetero) is 2. The third kappa shape index (κ3) is 3.07. The molecule has 0 amide bonds. The van der Waals surface area contributed by atoms with Gasteiger partial charge in [0.15, 0.2) is 11.6 Å². The summed E-state index contributed by atoms with van der Waals surface area (Å²) in [6, 6.07) is 9.25. The molecular weight excluding hydrogens is 440 g/mol. The molecule has 0 radical (unpaired) electrons. The van der Waals surface area contributed by atoms with E-state index in [0.717, 1.165) is 6.26 Å². The molecule has 34 heavy (non-hydrogen) atoms. The summed E-state index contributed by atoms with van der Waals surface area (Å²) in [5, 5.41) is 19.7. The van der Waals surface area contributed by atoms with Crippen LogP contribution in [-0.2, 0) is 0 Å². The van der Waals surface area contributed by atoms with Crippen molar-refractivity contribution in [3.8, 4) is 22.6 Å². The molecule has 5 aromatic rings. The molecule has 0 aliphatic rings. The molecule has 0 saturated carbocycles. The van der Waals surface area contributed by atoms with E-state index in [2.05, 4.69) is 0 Å². The van der Waals surface area contributed by atoms with Crippen molar-refractivity contribution in [1.82, 2.24) is 0 Å². The summed E-state index contributed by atoms with van der Waals surface area (Å²) >= 11 is 0. The molecule has 2 heterocycles. The summed E-state index contributed by atoms with van der Waals surface area (Å²) in [6.45, 7) is 2.48. The van der Waals surface area contributed by atoms with Gasteiger partial charge in [0, 0.05) is 11.1 Å². The number of phenols is 2. The maximum atomic E-state index is 13.4. The second kappa shape index (κ2) is 7.41. The second-order valence-corrected chi connectivity index (χ2v) is 7.93. The van der Waals surface area contributed by atoms with E-state index in [4.69, 9.17) is 8.83 Å². The van der Waals surface area contributed by atoms with Crippen LogP contribution in [0.3, 0.4) is 0 Å². The molecule has 5 rings (SSSR count). The summed E-state index contributed by atoms with van der Waals surface area (Å²) in [5.74, 6) is -1.34. The van der Waals surface area contributed by atoms with Crippen LogP contribution < -0.4 is 10.9 Å². The SMILES string of the molecule is CC(=O)c1cc2c(=O)c3cc(O)ccc3oc2c(C(C)=O)c1-c1coc2ccc(O)cc2c1=O. The largest absolute Gasteiger partial charge is 0.508 e. The molecule has 0 fully saturated rings. The van der Waals surface area contributed by atoms with Crippen LogP contribution in [0.1, 0.15) is 34.6 Å². The average Bonchev–Trinajstić information content (AvgIpc) is 2.79. The number of aromatic hydroxyl groups is 2. The number of ketones is 2. The van der Waals surface area contributed by atoms with Crippen LogP contribution in [0.25, 0.3) is 44.0 Å². The van der Waals surface area contributed by atoms with Crippen LogP contribution in [0.15, 0.2) is 67.2 Å². The number of hydrogen-bond donors (Lipinski definition) is 2. The van der Waals surface area contributed by atoms with Crippen LogP contribution in [0.5, 0.6) is 11.5 Å². The van der Waals surface area contributed by atoms with Gasteiger partial charge >= 0.3 is 0 Å². The smallest absolute Gasteiger partial charge is 0.200 e. The molecule has 0 atom stereocenters. The van der Waals surface area contributed by atoms with Gasteiger partial charge in [-0.3, -0.25) is 19.2 Å². The fourth-order valence-electron chi connectivity index (χ4n) is 4.16. The zero-order valence-electron chi connectivity index (χ0n) is 18.0. The van der Waals surface area contributed by atoms with Gasteiger partial charge in [-0.1, -0.05) is 0 Å². The summed E-state index contributed by atoms with van der Waals surface area (Å²) in [6.07, 6.45) is 1.14. The van der Waals surface area contributed by atoms with Gasteiger partial charge in [-0.15, -0.1) is 0 Å². The van der Waals surface area contributed by atoms with Gasteiger partial charge in [0.2, 0.25) is 10.9 Å². The fourth-order valence-corrected chi connectivity index (χ4v) is 4.16. The molecule has 0 aliphatic heterocycles. The molecule has 168 valence electrons. The minimum atomic E-state index is -0.574. The monoisotopic (exact) mass is 456 g/mol. The predicted octanol–water partition coefficient (Wildman–Crippen LogP) is 4.54. The van der Waals surface area contributed by atoms with Gasteiger partial charge < -0.3 is 19.0 Å². The number of carbonyl (C=O) groups excluding carboxylic acids is 2. The van der Waals surface area contributed by atoms with Gasteiger partial charge in [0.25, 0.3) is 0 Å². The Bertz CT molecular complexity index is 1820. The summed E-state index contributed by atoms with van der Waals surface area (Å²) in [4.78, 5) is 52.1. The van der Waals surface area contributed by atoms with Gasteiger partial charge in [-0.2, -0.15) is 0 Å². The quantitative estimate of drug-likeness (QED) is 0.298. The normalized spacial score (nSPS) is 11.4. The van der Waals surface area contributed by atoms with Crippen molar-refractivity contribution >= 4 is 44.5 Å². The molecule has 2 N–H and O–H groups in total. The lowest BCUT2D eigenvalue weighted by Crippen LogP contribution is -2.14. The minimum absolute atomic E-state index is 0.0206. The van der Waals surface area contributed by atoms with E-state index in [0.29, 0.717) is 0 Å². The Labute approximate surface area is 190 Å². The molecular formula is C26H16O8. The second-order valence-electron chi connectivity index (χ2n) is 7.93. The van der Waals surface area contributed by atoms with Crippen LogP contribution >= 0.6 is 0 Å². The van der Waals surface area contributed by atoms with Gasteiger partial charge in [0.1, 0.15) is 34.5 Å². The zero-order chi connectivity index (χ0) is 24.3. The first-order chi connectivity index (χ1) is 16.2. The Morgan fingerprint density at radius 2 is 1.38 bits per heavy atom. The van der Waals surface area contributed by atoms with Gasteiger partial charge in [-0.25, -0.2) is 0 Å². The molecule has 0 saturated heterocycles. The Morgan fingerprint density at radius 1 is 0.765 bits per heavy atom. The first-order valence-corrected chi connectivity index (χ1v) is 10.2. The predicted molar refractivity (Wildman–Crippen MR) is 125 cm³/mol. The Kier molecular flexibility index (Phi) is 4.61. The fraction of sp³-hybridized carbons (Fsp3) is 0.0769. The molecule has 8 heteroatoms. The molecule has 0 bridgehead atoms. The Balaban J connectivity index is 2.02. The lowest BCUT2D eigenvalue weighted by molar-refractivity contribution is 0.101. The number of fused-ring (bicyclic) bond motifs is 3. The number of rotatable bonds is 3. The minimum Gasteiger partial charge on any atom is -0.508 e. The third-order valence-corrected chi connectivity index (χ3v) is 5.70. The highest BCUT2D eigenvalue weighted by Gasteiger charge is 2.27. The number of phenolic OH excluding ortho intramolecular Hbond substituents is 2. The van der Waals surface area contributed by atoms with Crippen molar-refractivity contribution in [2.45, 2.75) is 13.8 Å². The van der Waals surface area contributed by atoms with E-state index >= 15 is 0 Å². The highest BCUT2D eigenvalue weighted by molar-refractivity contribution is 6.17. The maximum Gasteiger partial charge on any atom is 0.200 e. The van der Waals surface area contributed by atoms with E-state index in [9.17, 15) is 29.4 Å². The van der Waals surface area contributed by atoms with Crippen LogP contribution in [0.4, 0.5) is 0 Å². The van der Waals surface area contributed by atoms with Crippen molar-refractivity contribution in [2.75, 3.05) is 0 Å². The number of benzene rings is 3. The van der Waals surface area contributed by atoms with Gasteiger partial charge in [0.05, 0.1) is 27.3 Å². The topological polar surface area (TPSA) is 135 Å². The highest BCUT2D eigenvalue weighted by atomic mass is 16.3. The third-order valence-electron chi connectivity index (χ3n) is 5.70. The summed E-state index contributed by atoms with van der Waals surface area (Å²) in [5.41, 5.74) is -1.16. The summed E-state index contributed by atoms with van der Waals surface area (Å²) in [7, 11) is 0. The molecule has 0 spiro atoms. The zero-order valence-corrected chi connectivity index (χ0v) is 18.0. The maximum absolute atomic E-state index is 13.4. The van der Waals surface area contributed by atoms with Crippen molar-refractivity contribution in [3.63, 3.8) is 0 Å². The van der Waals surface area contributed by atoms with Crippen molar-refractivity contribution < 1.29 is 28.6 Å². The number of carbonyl (C=O) groups is 2. The Morgan fingerprint density at radius 3 is 2.00 bits per heavy atom. The van der Waals surface area contributed by atoms with E-state index in [1.54, 1.807) is 0 Å². The standard InChI is InChI=1S/C26H16O8/c1-11(27)15-9-18-24(31)17-8-14(30)4-6-21(17)34-26(18)22(12(2)28)23(15)19-10-33-20-5-3-13(29)7-16(20)25(19)32/h3-10,29-30H,1-2H3. The van der Waals surface area contributed by atoms with E-state index in [-0.39, 0.29) is 66.7 Å². The molecule has 0 aliphatic carbocycles. The molecule has 3 aromatic carbocycles. The molecule has 0 unspecified atom stereocenters. The first kappa shape index (κ1) is 21.1. The number of hydrogen-bond acceptors (Lipinski definition) is 8. The van der Waals surface area contributed by atoms with Crippen LogP contribution in [0, 0.1) is 0 Å². The van der Waals surface area contributed by atoms with Crippen molar-refractivity contribution in [1.29, 1.82) is 0 Å². The Hall–Kier alpha value is -4.72. The van der Waals surface area contributed by atoms with E-state index in [1.807, 2.05) is 0 Å². The highest BCUT2D eigenvalue weighted by Crippen LogP contribution is 2.35. The molecule has 8 nitrogen and oxygen atoms in total. The van der Waals surface area contributed by atoms with Crippen molar-refractivity contribution in [2.24, 2.45) is 0 Å². The van der Waals surface area contributed by atoms with Crippen LogP contribution in [-0.4, -0.2) is 21.8 Å². The lowest BCUT2D eigenvalue weighted by atomic mass is 9.88. The van der Waals surface area contributed by atoms with E-state index < -0.39 is 22.4 Å². The first-order valence-electron chi connectivity index (χ1n) is 10.2. The lowest BCUT2D eigenvalue weighted by Gasteiger charge is -2.15. The van der Waals surface area contributed by atoms with Gasteiger partial charge in [-0.05, 0) is 56.3 Å². The van der Waals surface area contributed by atoms with Crippen LogP contribution in [0.2, 0.25) is 0 Å². The van der Waals surface area contributed by atoms with Crippen molar-refractivity contribution in [3.05, 3.63) is 80.3 Å². The van der Waals surface area contributed by atoms with E-state index in [1.165, 1.54) is 56.3 Å².